The summed E-state index contributed by atoms with van der Waals surface area (Å²) in [6.07, 6.45) is -4.48. The third kappa shape index (κ3) is 2.44. The Morgan fingerprint density at radius 1 is 1.36 bits per heavy atom. The van der Waals surface area contributed by atoms with Gasteiger partial charge in [0, 0.05) is 38.8 Å². The van der Waals surface area contributed by atoms with Crippen LogP contribution in [-0.4, -0.2) is 35.8 Å². The number of alkyl halides is 3. The first-order valence-corrected chi connectivity index (χ1v) is 6.90. The lowest BCUT2D eigenvalue weighted by Gasteiger charge is -2.35. The van der Waals surface area contributed by atoms with Gasteiger partial charge in [-0.2, -0.15) is 18.4 Å². The standard InChI is InChI=1S/C15H14F3N3O/c1-20-8-12-11(14(20)22)2-9(3-13(12)15(16,17)18)5-21-6-10(4-19)7-21/h2-3,10H,5-8H2,1H3. The highest BCUT2D eigenvalue weighted by Gasteiger charge is 2.39. The van der Waals surface area contributed by atoms with Crippen molar-refractivity contribution in [1.29, 1.82) is 5.26 Å². The molecular formula is C15H14F3N3O. The van der Waals surface area contributed by atoms with Gasteiger partial charge in [-0.05, 0) is 23.3 Å². The summed E-state index contributed by atoms with van der Waals surface area (Å²) in [5.74, 6) is -0.426. The molecule has 0 bridgehead atoms. The van der Waals surface area contributed by atoms with Gasteiger partial charge in [-0.25, -0.2) is 0 Å². The first-order valence-electron chi connectivity index (χ1n) is 6.90. The van der Waals surface area contributed by atoms with Crippen molar-refractivity contribution < 1.29 is 18.0 Å². The van der Waals surface area contributed by atoms with Gasteiger partial charge in [-0.15, -0.1) is 0 Å². The maximum Gasteiger partial charge on any atom is 0.416 e. The van der Waals surface area contributed by atoms with E-state index < -0.39 is 11.7 Å². The highest BCUT2D eigenvalue weighted by molar-refractivity contribution is 5.98. The summed E-state index contributed by atoms with van der Waals surface area (Å²) < 4.78 is 39.7. The maximum atomic E-state index is 13.2. The third-order valence-electron chi connectivity index (χ3n) is 4.13. The lowest BCUT2D eigenvalue weighted by atomic mass is 9.96. The molecule has 1 fully saturated rings. The molecule has 1 aromatic rings. The van der Waals surface area contributed by atoms with E-state index in [2.05, 4.69) is 6.07 Å². The summed E-state index contributed by atoms with van der Waals surface area (Å²) in [6, 6.07) is 4.81. The highest BCUT2D eigenvalue weighted by Crippen LogP contribution is 2.38. The number of amides is 1. The zero-order chi connectivity index (χ0) is 16.1. The van der Waals surface area contributed by atoms with E-state index in [1.54, 1.807) is 6.07 Å². The van der Waals surface area contributed by atoms with E-state index in [1.165, 1.54) is 11.9 Å². The summed E-state index contributed by atoms with van der Waals surface area (Å²) in [7, 11) is 1.50. The fraction of sp³-hybridized carbons (Fsp3) is 0.467. The Kier molecular flexibility index (Phi) is 3.37. The number of halogens is 3. The molecule has 4 nitrogen and oxygen atoms in total. The van der Waals surface area contributed by atoms with E-state index in [4.69, 9.17) is 5.26 Å². The van der Waals surface area contributed by atoms with Crippen molar-refractivity contribution in [3.05, 3.63) is 34.4 Å². The van der Waals surface area contributed by atoms with Crippen molar-refractivity contribution in [2.45, 2.75) is 19.3 Å². The molecule has 3 rings (SSSR count). The van der Waals surface area contributed by atoms with Crippen LogP contribution in [0.3, 0.4) is 0 Å². The Morgan fingerprint density at radius 3 is 2.64 bits per heavy atom. The second-order valence-electron chi connectivity index (χ2n) is 5.85. The fourth-order valence-corrected chi connectivity index (χ4v) is 2.99. The van der Waals surface area contributed by atoms with Gasteiger partial charge in [-0.3, -0.25) is 9.69 Å². The molecule has 2 aliphatic heterocycles. The van der Waals surface area contributed by atoms with E-state index in [9.17, 15) is 18.0 Å². The smallest absolute Gasteiger partial charge is 0.337 e. The maximum absolute atomic E-state index is 13.2. The zero-order valence-electron chi connectivity index (χ0n) is 11.9. The van der Waals surface area contributed by atoms with Crippen LogP contribution in [-0.2, 0) is 19.3 Å². The fourth-order valence-electron chi connectivity index (χ4n) is 2.99. The number of rotatable bonds is 2. The summed E-state index contributed by atoms with van der Waals surface area (Å²) >= 11 is 0. The molecule has 116 valence electrons. The molecule has 0 radical (unpaired) electrons. The minimum absolute atomic E-state index is 0.0104. The monoisotopic (exact) mass is 309 g/mol. The summed E-state index contributed by atoms with van der Waals surface area (Å²) in [4.78, 5) is 15.2. The minimum atomic E-state index is -4.48. The molecule has 1 amide bonds. The lowest BCUT2D eigenvalue weighted by Crippen LogP contribution is -2.45. The van der Waals surface area contributed by atoms with E-state index in [0.717, 1.165) is 6.07 Å². The Labute approximate surface area is 125 Å². The van der Waals surface area contributed by atoms with E-state index in [1.807, 2.05) is 4.90 Å². The number of hydrogen-bond acceptors (Lipinski definition) is 3. The highest BCUT2D eigenvalue weighted by atomic mass is 19.4. The van der Waals surface area contributed by atoms with Crippen LogP contribution in [0.15, 0.2) is 12.1 Å². The molecular weight excluding hydrogens is 295 g/mol. The van der Waals surface area contributed by atoms with Gasteiger partial charge in [0.25, 0.3) is 5.91 Å². The van der Waals surface area contributed by atoms with Crippen molar-refractivity contribution in [1.82, 2.24) is 9.80 Å². The molecule has 7 heteroatoms. The van der Waals surface area contributed by atoms with Gasteiger partial charge in [-0.1, -0.05) is 0 Å². The summed E-state index contributed by atoms with van der Waals surface area (Å²) in [5.41, 5.74) is -0.0619. The van der Waals surface area contributed by atoms with Gasteiger partial charge >= 0.3 is 6.18 Å². The minimum Gasteiger partial charge on any atom is -0.337 e. The van der Waals surface area contributed by atoms with Crippen LogP contribution in [0.1, 0.15) is 27.0 Å². The molecule has 0 unspecified atom stereocenters. The van der Waals surface area contributed by atoms with Crippen LogP contribution in [0, 0.1) is 17.2 Å². The zero-order valence-corrected chi connectivity index (χ0v) is 11.9. The topological polar surface area (TPSA) is 47.3 Å². The molecule has 1 aromatic carbocycles. The number of fused-ring (bicyclic) bond motifs is 1. The van der Waals surface area contributed by atoms with Gasteiger partial charge in [0.15, 0.2) is 0 Å². The molecule has 2 heterocycles. The predicted octanol–water partition coefficient (Wildman–Crippen LogP) is 2.25. The molecule has 0 N–H and O–H groups in total. The van der Waals surface area contributed by atoms with Gasteiger partial charge in [0.05, 0.1) is 17.6 Å². The quantitative estimate of drug-likeness (QED) is 0.842. The van der Waals surface area contributed by atoms with E-state index >= 15 is 0 Å². The average molecular weight is 309 g/mol. The largest absolute Gasteiger partial charge is 0.416 e. The molecule has 0 saturated carbocycles. The second-order valence-corrected chi connectivity index (χ2v) is 5.85. The number of carbonyl (C=O) groups is 1. The molecule has 0 aromatic heterocycles. The summed E-state index contributed by atoms with van der Waals surface area (Å²) in [5, 5.41) is 8.74. The van der Waals surface area contributed by atoms with Gasteiger partial charge in [0.2, 0.25) is 0 Å². The van der Waals surface area contributed by atoms with Crippen LogP contribution in [0.4, 0.5) is 13.2 Å². The Morgan fingerprint density at radius 2 is 2.05 bits per heavy atom. The Hall–Kier alpha value is -2.07. The van der Waals surface area contributed by atoms with Crippen molar-refractivity contribution in [3.8, 4) is 6.07 Å². The average Bonchev–Trinajstić information content (AvgIpc) is 2.67. The first-order chi connectivity index (χ1) is 10.3. The number of nitriles is 1. The molecule has 0 spiro atoms. The van der Waals surface area contributed by atoms with E-state index in [-0.39, 0.29) is 29.5 Å². The van der Waals surface area contributed by atoms with Crippen LogP contribution in [0.25, 0.3) is 0 Å². The van der Waals surface area contributed by atoms with Crippen LogP contribution in [0.5, 0.6) is 0 Å². The van der Waals surface area contributed by atoms with Gasteiger partial charge < -0.3 is 4.90 Å². The molecule has 2 aliphatic rings. The number of carbonyl (C=O) groups excluding carboxylic acids is 1. The third-order valence-corrected chi connectivity index (χ3v) is 4.13. The van der Waals surface area contributed by atoms with Gasteiger partial charge in [0.1, 0.15) is 0 Å². The summed E-state index contributed by atoms with van der Waals surface area (Å²) in [6.45, 7) is 1.43. The lowest BCUT2D eigenvalue weighted by molar-refractivity contribution is -0.138. The molecule has 0 atom stereocenters. The SMILES string of the molecule is CN1Cc2c(cc(CN3CC(C#N)C3)cc2C(F)(F)F)C1=O. The van der Waals surface area contributed by atoms with E-state index in [0.29, 0.717) is 25.2 Å². The number of benzene rings is 1. The predicted molar refractivity (Wildman–Crippen MR) is 71.6 cm³/mol. The van der Waals surface area contributed by atoms with Crippen LogP contribution in [0.2, 0.25) is 0 Å². The normalized spacial score (nSPS) is 19.0. The van der Waals surface area contributed by atoms with Crippen molar-refractivity contribution >= 4 is 5.91 Å². The van der Waals surface area contributed by atoms with Crippen molar-refractivity contribution in [2.75, 3.05) is 20.1 Å². The Bertz CT molecular complexity index is 672. The molecule has 1 saturated heterocycles. The van der Waals surface area contributed by atoms with Crippen LogP contribution >= 0.6 is 0 Å². The Balaban J connectivity index is 1.93. The van der Waals surface area contributed by atoms with Crippen molar-refractivity contribution in [2.24, 2.45) is 5.92 Å². The number of nitrogens with zero attached hydrogens (tertiary/aromatic N) is 3. The second kappa shape index (κ2) is 4.99. The first kappa shape index (κ1) is 14.9. The van der Waals surface area contributed by atoms with Crippen LogP contribution < -0.4 is 0 Å². The number of hydrogen-bond donors (Lipinski definition) is 0. The number of likely N-dealkylation sites (tertiary alicyclic amines) is 1. The molecule has 22 heavy (non-hydrogen) atoms. The van der Waals surface area contributed by atoms with Crippen molar-refractivity contribution in [3.63, 3.8) is 0 Å². The molecule has 0 aliphatic carbocycles.